The Morgan fingerprint density at radius 1 is 1.76 bits per heavy atom. The number of thioether (sulfide) groups is 1. The monoisotopic (exact) mass is 259 g/mol. The largest absolute Gasteiger partial charge is 0.469 e. The summed E-state index contributed by atoms with van der Waals surface area (Å²) in [6, 6.07) is 0. The second kappa shape index (κ2) is 5.67. The number of methoxy groups -OCH3 is 1. The molecule has 1 atom stereocenters. The lowest BCUT2D eigenvalue weighted by molar-refractivity contribution is -0.387. The summed E-state index contributed by atoms with van der Waals surface area (Å²) in [6.45, 7) is 1.79. The third kappa shape index (κ3) is 3.74. The molecule has 0 aromatic carbocycles. The highest BCUT2D eigenvalue weighted by Gasteiger charge is 2.22. The first kappa shape index (κ1) is 13.5. The molecular weight excluding hydrogens is 246 g/mol. The molecule has 1 rings (SSSR count). The van der Waals surface area contributed by atoms with E-state index in [-0.39, 0.29) is 23.3 Å². The van der Waals surface area contributed by atoms with Crippen molar-refractivity contribution in [3.8, 4) is 0 Å². The van der Waals surface area contributed by atoms with Crippen LogP contribution >= 0.6 is 11.8 Å². The van der Waals surface area contributed by atoms with Crippen LogP contribution < -0.4 is 0 Å². The van der Waals surface area contributed by atoms with Crippen LogP contribution in [0.3, 0.4) is 0 Å². The lowest BCUT2D eigenvalue weighted by Crippen LogP contribution is -2.08. The van der Waals surface area contributed by atoms with Crippen LogP contribution in [0.4, 0.5) is 5.69 Å². The third-order valence-corrected chi connectivity index (χ3v) is 3.05. The van der Waals surface area contributed by atoms with Gasteiger partial charge in [0.1, 0.15) is 6.20 Å². The van der Waals surface area contributed by atoms with Gasteiger partial charge in [-0.15, -0.1) is 0 Å². The van der Waals surface area contributed by atoms with Crippen molar-refractivity contribution >= 4 is 23.4 Å². The lowest BCUT2D eigenvalue weighted by atomic mass is 10.3. The molecule has 17 heavy (non-hydrogen) atoms. The number of hydrogen-bond donors (Lipinski definition) is 0. The smallest absolute Gasteiger partial charge is 0.320 e. The van der Waals surface area contributed by atoms with Crippen LogP contribution in [0.15, 0.2) is 11.2 Å². The summed E-state index contributed by atoms with van der Waals surface area (Å²) in [5, 5.41) is 14.9. The summed E-state index contributed by atoms with van der Waals surface area (Å²) < 4.78 is 5.91. The van der Waals surface area contributed by atoms with E-state index in [1.54, 1.807) is 14.0 Å². The average Bonchev–Trinajstić information content (AvgIpc) is 2.59. The van der Waals surface area contributed by atoms with Crippen LogP contribution in [-0.4, -0.2) is 33.0 Å². The second-order valence-electron chi connectivity index (χ2n) is 3.46. The number of carbonyl (C=O) groups is 1. The molecule has 0 aliphatic rings. The van der Waals surface area contributed by atoms with Crippen LogP contribution in [0.5, 0.6) is 0 Å². The van der Waals surface area contributed by atoms with E-state index in [1.165, 1.54) is 29.8 Å². The normalized spacial score (nSPS) is 12.2. The van der Waals surface area contributed by atoms with Gasteiger partial charge in [-0.05, 0) is 0 Å². The maximum absolute atomic E-state index is 11.0. The summed E-state index contributed by atoms with van der Waals surface area (Å²) in [4.78, 5) is 21.3. The topological polar surface area (TPSA) is 87.3 Å². The fraction of sp³-hybridized carbons (Fsp3) is 0.556. The zero-order valence-electron chi connectivity index (χ0n) is 9.74. The average molecular weight is 259 g/mol. The number of carbonyl (C=O) groups excluding carboxylic acids is 1. The van der Waals surface area contributed by atoms with E-state index >= 15 is 0 Å². The first-order valence-electron chi connectivity index (χ1n) is 4.85. The van der Waals surface area contributed by atoms with Crippen molar-refractivity contribution in [2.24, 2.45) is 7.05 Å². The van der Waals surface area contributed by atoms with Gasteiger partial charge in [0.15, 0.2) is 5.03 Å². The SMILES string of the molecule is COC(=O)CC(C)Sc1nn(C)cc1[N+](=O)[O-]. The molecular formula is C9H13N3O4S. The summed E-state index contributed by atoms with van der Waals surface area (Å²) in [5.41, 5.74) is -0.0470. The van der Waals surface area contributed by atoms with Gasteiger partial charge in [-0.2, -0.15) is 5.10 Å². The Morgan fingerprint density at radius 3 is 2.94 bits per heavy atom. The molecule has 0 fully saturated rings. The van der Waals surface area contributed by atoms with Gasteiger partial charge in [-0.3, -0.25) is 19.6 Å². The molecule has 0 spiro atoms. The minimum absolute atomic E-state index is 0.0470. The van der Waals surface area contributed by atoms with Gasteiger partial charge < -0.3 is 4.74 Å². The maximum atomic E-state index is 11.0. The molecule has 1 heterocycles. The summed E-state index contributed by atoms with van der Waals surface area (Å²) in [5.74, 6) is -0.344. The molecule has 0 amide bonds. The van der Waals surface area contributed by atoms with Crippen LogP contribution in [0.2, 0.25) is 0 Å². The van der Waals surface area contributed by atoms with E-state index in [2.05, 4.69) is 9.84 Å². The fourth-order valence-corrected chi connectivity index (χ4v) is 2.24. The van der Waals surface area contributed by atoms with Crippen molar-refractivity contribution in [1.82, 2.24) is 9.78 Å². The highest BCUT2D eigenvalue weighted by molar-refractivity contribution is 8.00. The molecule has 0 saturated heterocycles. The molecule has 1 aromatic heterocycles. The third-order valence-electron chi connectivity index (χ3n) is 1.97. The van der Waals surface area contributed by atoms with Crippen LogP contribution in [-0.2, 0) is 16.6 Å². The summed E-state index contributed by atoms with van der Waals surface area (Å²) in [7, 11) is 2.92. The van der Waals surface area contributed by atoms with Gasteiger partial charge in [0, 0.05) is 12.3 Å². The minimum atomic E-state index is -0.486. The maximum Gasteiger partial charge on any atom is 0.320 e. The molecule has 7 nitrogen and oxygen atoms in total. The Balaban J connectivity index is 2.74. The van der Waals surface area contributed by atoms with Gasteiger partial charge in [0.05, 0.1) is 18.5 Å². The van der Waals surface area contributed by atoms with E-state index in [4.69, 9.17) is 0 Å². The Kier molecular flexibility index (Phi) is 4.50. The van der Waals surface area contributed by atoms with Gasteiger partial charge in [-0.25, -0.2) is 0 Å². The Labute approximate surface area is 102 Å². The number of nitro groups is 1. The molecule has 1 unspecified atom stereocenters. The molecule has 0 aliphatic carbocycles. The number of nitrogens with zero attached hydrogens (tertiary/aromatic N) is 3. The molecule has 1 aromatic rings. The molecule has 0 aliphatic heterocycles. The molecule has 0 radical (unpaired) electrons. The van der Waals surface area contributed by atoms with Gasteiger partial charge >= 0.3 is 11.7 Å². The number of esters is 1. The van der Waals surface area contributed by atoms with Crippen LogP contribution in [0, 0.1) is 10.1 Å². The number of rotatable bonds is 5. The number of hydrogen-bond acceptors (Lipinski definition) is 6. The molecule has 0 saturated carbocycles. The van der Waals surface area contributed by atoms with Crippen molar-refractivity contribution < 1.29 is 14.5 Å². The van der Waals surface area contributed by atoms with Crippen molar-refractivity contribution in [3.63, 3.8) is 0 Å². The van der Waals surface area contributed by atoms with Crippen molar-refractivity contribution in [3.05, 3.63) is 16.3 Å². The Morgan fingerprint density at radius 2 is 2.41 bits per heavy atom. The molecule has 94 valence electrons. The predicted molar refractivity (Wildman–Crippen MR) is 61.8 cm³/mol. The van der Waals surface area contributed by atoms with Gasteiger partial charge in [-0.1, -0.05) is 18.7 Å². The molecule has 0 bridgehead atoms. The Hall–Kier alpha value is -1.57. The van der Waals surface area contributed by atoms with E-state index in [0.29, 0.717) is 5.03 Å². The van der Waals surface area contributed by atoms with Crippen molar-refractivity contribution in [2.75, 3.05) is 7.11 Å². The van der Waals surface area contributed by atoms with Gasteiger partial charge in [0.2, 0.25) is 0 Å². The quantitative estimate of drug-likeness (QED) is 0.343. The highest BCUT2D eigenvalue weighted by Crippen LogP contribution is 2.31. The van der Waals surface area contributed by atoms with Crippen LogP contribution in [0.25, 0.3) is 0 Å². The summed E-state index contributed by atoms with van der Waals surface area (Å²) in [6.07, 6.45) is 1.53. The van der Waals surface area contributed by atoms with Crippen LogP contribution in [0.1, 0.15) is 13.3 Å². The first-order valence-corrected chi connectivity index (χ1v) is 5.73. The Bertz CT molecular complexity index is 432. The second-order valence-corrected chi connectivity index (χ2v) is 4.89. The predicted octanol–water partition coefficient (Wildman–Crippen LogP) is 1.37. The minimum Gasteiger partial charge on any atom is -0.469 e. The fourth-order valence-electron chi connectivity index (χ4n) is 1.21. The van der Waals surface area contributed by atoms with E-state index in [1.807, 2.05) is 0 Å². The standard InChI is InChI=1S/C9H13N3O4S/c1-6(4-8(13)16-3)17-9-7(12(14)15)5-11(2)10-9/h5-6H,4H2,1-3H3. The van der Waals surface area contributed by atoms with Crippen molar-refractivity contribution in [1.29, 1.82) is 0 Å². The first-order chi connectivity index (χ1) is 7.93. The van der Waals surface area contributed by atoms with E-state index < -0.39 is 4.92 Å². The lowest BCUT2D eigenvalue weighted by Gasteiger charge is -2.06. The molecule has 0 N–H and O–H groups in total. The van der Waals surface area contributed by atoms with E-state index in [0.717, 1.165) is 0 Å². The molecule has 8 heteroatoms. The van der Waals surface area contributed by atoms with Gasteiger partial charge in [0.25, 0.3) is 0 Å². The number of ether oxygens (including phenoxy) is 1. The summed E-state index contributed by atoms with van der Waals surface area (Å²) >= 11 is 1.19. The van der Waals surface area contributed by atoms with Crippen molar-refractivity contribution in [2.45, 2.75) is 23.6 Å². The number of aryl methyl sites for hydroxylation is 1. The number of aromatic nitrogens is 2. The van der Waals surface area contributed by atoms with E-state index in [9.17, 15) is 14.9 Å². The zero-order chi connectivity index (χ0) is 13.0. The highest BCUT2D eigenvalue weighted by atomic mass is 32.2. The zero-order valence-corrected chi connectivity index (χ0v) is 10.6.